The van der Waals surface area contributed by atoms with Crippen LogP contribution in [0.3, 0.4) is 0 Å². The normalized spacial score (nSPS) is 11.7. The number of amides is 1. The minimum absolute atomic E-state index is 0.141. The first-order valence-electron chi connectivity index (χ1n) is 8.76. The molecule has 0 aliphatic heterocycles. The first-order valence-corrected chi connectivity index (χ1v) is 9.87. The molecule has 3 aromatic carbocycles. The minimum atomic E-state index is -1.65. The van der Waals surface area contributed by atoms with Gasteiger partial charge < -0.3 is 9.45 Å². The van der Waals surface area contributed by atoms with Crippen molar-refractivity contribution in [3.05, 3.63) is 95.8 Å². The average Bonchev–Trinajstić information content (AvgIpc) is 2.71. The maximum absolute atomic E-state index is 13.7. The summed E-state index contributed by atoms with van der Waals surface area (Å²) in [6, 6.07) is 22.3. The summed E-state index contributed by atoms with van der Waals surface area (Å²) < 4.78 is 28.6. The molecule has 0 aromatic heterocycles. The molecule has 1 unspecified atom stereocenters. The lowest BCUT2D eigenvalue weighted by Crippen LogP contribution is -2.31. The molecular formula is C22H21FN2O2S. The third-order valence-corrected chi connectivity index (χ3v) is 5.55. The Bertz CT molecular complexity index is 950. The van der Waals surface area contributed by atoms with E-state index in [-0.39, 0.29) is 5.91 Å². The number of nitrogens with zero attached hydrogens (tertiary/aromatic N) is 2. The number of halogens is 1. The van der Waals surface area contributed by atoms with Crippen LogP contribution >= 0.6 is 0 Å². The van der Waals surface area contributed by atoms with E-state index < -0.39 is 17.2 Å². The Kier molecular flexibility index (Phi) is 6.34. The van der Waals surface area contributed by atoms with E-state index in [1.165, 1.54) is 23.1 Å². The molecule has 28 heavy (non-hydrogen) atoms. The van der Waals surface area contributed by atoms with Crippen molar-refractivity contribution < 1.29 is 13.7 Å². The van der Waals surface area contributed by atoms with E-state index in [9.17, 15) is 13.7 Å². The second-order valence-corrected chi connectivity index (χ2v) is 7.89. The largest absolute Gasteiger partial charge is 0.588 e. The topological polar surface area (TPSA) is 46.6 Å². The number of anilines is 1. The smallest absolute Gasteiger partial charge is 0.253 e. The monoisotopic (exact) mass is 396 g/mol. The Morgan fingerprint density at radius 3 is 2.36 bits per heavy atom. The summed E-state index contributed by atoms with van der Waals surface area (Å²) in [5.41, 5.74) is 2.08. The second kappa shape index (κ2) is 8.91. The second-order valence-electron chi connectivity index (χ2n) is 6.48. The van der Waals surface area contributed by atoms with Gasteiger partial charge >= 0.3 is 0 Å². The molecule has 0 aliphatic carbocycles. The summed E-state index contributed by atoms with van der Waals surface area (Å²) in [7, 11) is 3.36. The molecule has 0 aliphatic rings. The number of benzene rings is 3. The van der Waals surface area contributed by atoms with Gasteiger partial charge in [-0.15, -0.1) is 0 Å². The van der Waals surface area contributed by atoms with Crippen LogP contribution in [0, 0.1) is 5.82 Å². The molecular weight excluding hydrogens is 375 g/mol. The van der Waals surface area contributed by atoms with Crippen molar-refractivity contribution in [1.29, 1.82) is 0 Å². The number of hydrogen-bond donors (Lipinski definition) is 0. The van der Waals surface area contributed by atoms with Gasteiger partial charge in [0, 0.05) is 25.7 Å². The molecule has 0 saturated carbocycles. The van der Waals surface area contributed by atoms with Crippen molar-refractivity contribution in [2.45, 2.75) is 11.4 Å². The molecule has 0 fully saturated rings. The van der Waals surface area contributed by atoms with Gasteiger partial charge in [-0.3, -0.25) is 4.79 Å². The summed E-state index contributed by atoms with van der Waals surface area (Å²) in [4.78, 5) is 14.2. The number of hydrogen-bond acceptors (Lipinski definition) is 3. The highest BCUT2D eigenvalue weighted by Crippen LogP contribution is 2.27. The maximum Gasteiger partial charge on any atom is 0.253 e. The molecule has 0 bridgehead atoms. The Balaban J connectivity index is 2.01. The quantitative estimate of drug-likeness (QED) is 0.585. The van der Waals surface area contributed by atoms with Crippen LogP contribution in [0.5, 0.6) is 0 Å². The highest BCUT2D eigenvalue weighted by molar-refractivity contribution is 7.92. The molecule has 3 rings (SSSR count). The first kappa shape index (κ1) is 19.9. The Morgan fingerprint density at radius 1 is 0.964 bits per heavy atom. The van der Waals surface area contributed by atoms with E-state index in [4.69, 9.17) is 0 Å². The maximum atomic E-state index is 13.7. The van der Waals surface area contributed by atoms with Crippen molar-refractivity contribution in [2.24, 2.45) is 0 Å². The lowest BCUT2D eigenvalue weighted by molar-refractivity contribution is 0.0827. The molecule has 0 radical (unpaired) electrons. The van der Waals surface area contributed by atoms with Crippen molar-refractivity contribution in [2.75, 3.05) is 18.4 Å². The standard InChI is InChI=1S/C22H21FN2O2S/c1-24(2)22(26)18-10-6-12-20(14-18)25(16-17-8-4-3-5-9-17)28(27)21-13-7-11-19(23)15-21/h3-15H,16H2,1-2H3. The zero-order valence-corrected chi connectivity index (χ0v) is 16.5. The molecule has 0 saturated heterocycles. The van der Waals surface area contributed by atoms with Crippen LogP contribution < -0.4 is 4.31 Å². The van der Waals surface area contributed by atoms with E-state index >= 15 is 0 Å². The Hall–Kier alpha value is -2.83. The van der Waals surface area contributed by atoms with E-state index in [0.717, 1.165) is 5.56 Å². The van der Waals surface area contributed by atoms with E-state index in [1.54, 1.807) is 48.7 Å². The third kappa shape index (κ3) is 4.71. The highest BCUT2D eigenvalue weighted by Gasteiger charge is 2.25. The third-order valence-electron chi connectivity index (χ3n) is 4.15. The van der Waals surface area contributed by atoms with Crippen molar-refractivity contribution >= 4 is 23.0 Å². The zero-order chi connectivity index (χ0) is 20.1. The molecule has 0 N–H and O–H groups in total. The van der Waals surface area contributed by atoms with Crippen LogP contribution in [0.25, 0.3) is 0 Å². The number of carbonyl (C=O) groups excluding carboxylic acids is 1. The van der Waals surface area contributed by atoms with Gasteiger partial charge in [-0.1, -0.05) is 42.5 Å². The molecule has 1 amide bonds. The number of rotatable bonds is 6. The fourth-order valence-corrected chi connectivity index (χ4v) is 3.98. The molecule has 6 heteroatoms. The highest BCUT2D eigenvalue weighted by atomic mass is 32.2. The SMILES string of the molecule is CN(C)C(=O)c1cccc(N(Cc2ccccc2)[S+]([O-])c2cccc(F)c2)c1. The lowest BCUT2D eigenvalue weighted by Gasteiger charge is -2.26. The molecule has 3 aromatic rings. The Labute approximate surface area is 167 Å². The van der Waals surface area contributed by atoms with Gasteiger partial charge in [0.05, 0.1) is 12.2 Å². The lowest BCUT2D eigenvalue weighted by atomic mass is 10.1. The van der Waals surface area contributed by atoms with E-state index in [2.05, 4.69) is 0 Å². The van der Waals surface area contributed by atoms with Crippen LogP contribution in [-0.4, -0.2) is 29.5 Å². The van der Waals surface area contributed by atoms with Gasteiger partial charge in [0.25, 0.3) is 5.91 Å². The average molecular weight is 396 g/mol. The van der Waals surface area contributed by atoms with Gasteiger partial charge in [0.1, 0.15) is 17.2 Å². The van der Waals surface area contributed by atoms with Gasteiger partial charge in [0.2, 0.25) is 0 Å². The van der Waals surface area contributed by atoms with Gasteiger partial charge in [-0.25, -0.2) is 4.39 Å². The van der Waals surface area contributed by atoms with Crippen LogP contribution in [-0.2, 0) is 17.9 Å². The van der Waals surface area contributed by atoms with Crippen LogP contribution in [0.15, 0.2) is 83.8 Å². The molecule has 1 atom stereocenters. The fourth-order valence-electron chi connectivity index (χ4n) is 2.75. The van der Waals surface area contributed by atoms with Crippen molar-refractivity contribution in [3.8, 4) is 0 Å². The van der Waals surface area contributed by atoms with Gasteiger partial charge in [0.15, 0.2) is 4.90 Å². The van der Waals surface area contributed by atoms with E-state index in [0.29, 0.717) is 22.7 Å². The van der Waals surface area contributed by atoms with E-state index in [1.807, 2.05) is 30.3 Å². The Morgan fingerprint density at radius 2 is 1.68 bits per heavy atom. The summed E-state index contributed by atoms with van der Waals surface area (Å²) in [6.45, 7) is 0.351. The molecule has 4 nitrogen and oxygen atoms in total. The first-order chi connectivity index (χ1) is 13.5. The van der Waals surface area contributed by atoms with Gasteiger partial charge in [-0.05, 0) is 35.9 Å². The fraction of sp³-hybridized carbons (Fsp3) is 0.136. The zero-order valence-electron chi connectivity index (χ0n) is 15.7. The summed E-state index contributed by atoms with van der Waals surface area (Å²) in [6.07, 6.45) is 0. The summed E-state index contributed by atoms with van der Waals surface area (Å²) in [5.74, 6) is -0.583. The van der Waals surface area contributed by atoms with Crippen molar-refractivity contribution in [3.63, 3.8) is 0 Å². The predicted octanol–water partition coefficient (Wildman–Crippen LogP) is 4.26. The summed E-state index contributed by atoms with van der Waals surface area (Å²) >= 11 is -1.65. The van der Waals surface area contributed by atoms with Crippen molar-refractivity contribution in [1.82, 2.24) is 4.90 Å². The number of carbonyl (C=O) groups is 1. The molecule has 0 spiro atoms. The molecule has 0 heterocycles. The van der Waals surface area contributed by atoms with Crippen LogP contribution in [0.2, 0.25) is 0 Å². The van der Waals surface area contributed by atoms with Gasteiger partial charge in [-0.2, -0.15) is 4.31 Å². The minimum Gasteiger partial charge on any atom is -0.588 e. The predicted molar refractivity (Wildman–Crippen MR) is 110 cm³/mol. The molecule has 144 valence electrons. The summed E-state index contributed by atoms with van der Waals surface area (Å²) in [5, 5.41) is 0. The van der Waals surface area contributed by atoms with Crippen LogP contribution in [0.4, 0.5) is 10.1 Å². The van der Waals surface area contributed by atoms with Crippen LogP contribution in [0.1, 0.15) is 15.9 Å².